The average molecular weight is 346 g/mol. The minimum atomic E-state index is -2.98. The second-order valence-corrected chi connectivity index (χ2v) is 6.02. The van der Waals surface area contributed by atoms with E-state index in [2.05, 4.69) is 15.0 Å². The summed E-state index contributed by atoms with van der Waals surface area (Å²) in [6.07, 6.45) is 2.39. The van der Waals surface area contributed by atoms with Crippen LogP contribution >= 0.6 is 0 Å². The van der Waals surface area contributed by atoms with Crippen molar-refractivity contribution in [3.05, 3.63) is 53.6 Å². The fourth-order valence-electron chi connectivity index (χ4n) is 3.00. The van der Waals surface area contributed by atoms with Gasteiger partial charge in [-0.3, -0.25) is 4.79 Å². The Bertz CT molecular complexity index is 759. The molecule has 1 aliphatic rings. The Morgan fingerprint density at radius 2 is 1.88 bits per heavy atom. The summed E-state index contributed by atoms with van der Waals surface area (Å²) in [5, 5.41) is 2.78. The highest BCUT2D eigenvalue weighted by Gasteiger charge is 2.17. The molecule has 0 aromatic heterocycles. The van der Waals surface area contributed by atoms with Crippen molar-refractivity contribution in [1.82, 2.24) is 0 Å². The van der Waals surface area contributed by atoms with Crippen LogP contribution in [0.1, 0.15) is 28.8 Å². The van der Waals surface area contributed by atoms with Crippen LogP contribution in [0.4, 0.5) is 20.2 Å². The quantitative estimate of drug-likeness (QED) is 0.870. The number of carbonyl (C=O) groups is 1. The first kappa shape index (κ1) is 17.2. The molecule has 2 aromatic rings. The van der Waals surface area contributed by atoms with Gasteiger partial charge in [0, 0.05) is 24.5 Å². The van der Waals surface area contributed by atoms with Crippen molar-refractivity contribution in [3.63, 3.8) is 0 Å². The molecule has 0 radical (unpaired) electrons. The van der Waals surface area contributed by atoms with Crippen LogP contribution in [-0.4, -0.2) is 25.6 Å². The van der Waals surface area contributed by atoms with Crippen molar-refractivity contribution in [2.75, 3.05) is 23.3 Å². The lowest BCUT2D eigenvalue weighted by molar-refractivity contribution is -0.0501. The predicted octanol–water partition coefficient (Wildman–Crippen LogP) is 4.45. The van der Waals surface area contributed by atoms with Gasteiger partial charge in [0.25, 0.3) is 5.91 Å². The molecular formula is C19H20F2N2O2. The Morgan fingerprint density at radius 1 is 1.16 bits per heavy atom. The topological polar surface area (TPSA) is 41.6 Å². The van der Waals surface area contributed by atoms with Crippen molar-refractivity contribution in [2.24, 2.45) is 0 Å². The molecule has 1 amide bonds. The zero-order chi connectivity index (χ0) is 17.8. The van der Waals surface area contributed by atoms with Gasteiger partial charge in [0.15, 0.2) is 0 Å². The lowest BCUT2D eigenvalue weighted by atomic mass is 10.1. The zero-order valence-corrected chi connectivity index (χ0v) is 14.0. The number of amides is 1. The zero-order valence-electron chi connectivity index (χ0n) is 14.0. The number of aryl methyl sites for hydroxylation is 1. The molecular weight excluding hydrogens is 326 g/mol. The fraction of sp³-hybridized carbons (Fsp3) is 0.316. The van der Waals surface area contributed by atoms with E-state index < -0.39 is 12.5 Å². The van der Waals surface area contributed by atoms with E-state index in [1.165, 1.54) is 25.0 Å². The Kier molecular flexibility index (Phi) is 5.16. The van der Waals surface area contributed by atoms with Gasteiger partial charge in [-0.15, -0.1) is 0 Å². The second-order valence-electron chi connectivity index (χ2n) is 6.02. The summed E-state index contributed by atoms with van der Waals surface area (Å²) in [5.41, 5.74) is 2.78. The molecule has 0 unspecified atom stereocenters. The van der Waals surface area contributed by atoms with Gasteiger partial charge >= 0.3 is 6.61 Å². The molecule has 1 saturated heterocycles. The molecule has 1 heterocycles. The van der Waals surface area contributed by atoms with E-state index in [4.69, 9.17) is 0 Å². The Balaban J connectivity index is 1.77. The molecule has 0 bridgehead atoms. The number of para-hydroxylation sites is 1. The molecule has 3 rings (SSSR count). The highest BCUT2D eigenvalue weighted by Crippen LogP contribution is 2.27. The summed E-state index contributed by atoms with van der Waals surface area (Å²) in [5.74, 6) is -0.616. The normalized spacial score (nSPS) is 14.0. The molecule has 6 heteroatoms. The summed E-state index contributed by atoms with van der Waals surface area (Å²) >= 11 is 0. The third kappa shape index (κ3) is 4.07. The van der Waals surface area contributed by atoms with Crippen LogP contribution in [0.3, 0.4) is 0 Å². The van der Waals surface area contributed by atoms with E-state index >= 15 is 0 Å². The Hall–Kier alpha value is -2.63. The van der Waals surface area contributed by atoms with Crippen LogP contribution in [0.25, 0.3) is 0 Å². The maximum Gasteiger partial charge on any atom is 0.387 e. The molecule has 0 atom stereocenters. The lowest BCUT2D eigenvalue weighted by Crippen LogP contribution is -2.18. The third-order valence-electron chi connectivity index (χ3n) is 4.28. The number of hydrogen-bond acceptors (Lipinski definition) is 3. The summed E-state index contributed by atoms with van der Waals surface area (Å²) in [4.78, 5) is 14.8. The Labute approximate surface area is 145 Å². The van der Waals surface area contributed by atoms with Gasteiger partial charge in [0.2, 0.25) is 0 Å². The highest BCUT2D eigenvalue weighted by molar-refractivity contribution is 6.06. The number of nitrogens with zero attached hydrogens (tertiary/aromatic N) is 1. The summed E-state index contributed by atoms with van der Waals surface area (Å²) in [7, 11) is 0. The van der Waals surface area contributed by atoms with Crippen molar-refractivity contribution >= 4 is 17.3 Å². The van der Waals surface area contributed by atoms with E-state index in [-0.39, 0.29) is 11.3 Å². The smallest absolute Gasteiger partial charge is 0.387 e. The largest absolute Gasteiger partial charge is 0.434 e. The molecule has 2 aromatic carbocycles. The van der Waals surface area contributed by atoms with Gasteiger partial charge in [-0.05, 0) is 55.7 Å². The number of hydrogen-bond donors (Lipinski definition) is 1. The number of alkyl halides is 2. The minimum absolute atomic E-state index is 0.0748. The first-order chi connectivity index (χ1) is 12.0. The molecule has 0 spiro atoms. The van der Waals surface area contributed by atoms with E-state index in [1.807, 2.05) is 25.1 Å². The van der Waals surface area contributed by atoms with Crippen LogP contribution < -0.4 is 15.0 Å². The van der Waals surface area contributed by atoms with Crippen molar-refractivity contribution in [3.8, 4) is 5.75 Å². The standard InChI is InChI=1S/C19H20F2N2O2/c1-13-12-14(23-10-4-5-11-23)8-9-16(13)22-18(24)15-6-2-3-7-17(15)25-19(20)21/h2-3,6-9,12,19H,4-5,10-11H2,1H3,(H,22,24). The number of carbonyl (C=O) groups excluding carboxylic acids is 1. The van der Waals surface area contributed by atoms with E-state index in [0.717, 1.165) is 24.3 Å². The Morgan fingerprint density at radius 3 is 2.56 bits per heavy atom. The maximum atomic E-state index is 12.5. The fourth-order valence-corrected chi connectivity index (χ4v) is 3.00. The molecule has 0 aliphatic carbocycles. The molecule has 1 aliphatic heterocycles. The number of rotatable bonds is 5. The molecule has 0 saturated carbocycles. The summed E-state index contributed by atoms with van der Waals surface area (Å²) in [6, 6.07) is 11.8. The number of halogens is 2. The van der Waals surface area contributed by atoms with Gasteiger partial charge in [-0.1, -0.05) is 12.1 Å². The van der Waals surface area contributed by atoms with Gasteiger partial charge < -0.3 is 15.0 Å². The lowest BCUT2D eigenvalue weighted by Gasteiger charge is -2.19. The number of nitrogens with one attached hydrogen (secondary N) is 1. The third-order valence-corrected chi connectivity index (χ3v) is 4.28. The van der Waals surface area contributed by atoms with E-state index in [1.54, 1.807) is 12.1 Å². The van der Waals surface area contributed by atoms with Gasteiger partial charge in [-0.2, -0.15) is 8.78 Å². The number of benzene rings is 2. The highest BCUT2D eigenvalue weighted by atomic mass is 19.3. The minimum Gasteiger partial charge on any atom is -0.434 e. The summed E-state index contributed by atoms with van der Waals surface area (Å²) < 4.78 is 29.4. The monoisotopic (exact) mass is 346 g/mol. The first-order valence-corrected chi connectivity index (χ1v) is 8.25. The van der Waals surface area contributed by atoms with Crippen LogP contribution in [0.15, 0.2) is 42.5 Å². The van der Waals surface area contributed by atoms with Crippen LogP contribution in [-0.2, 0) is 0 Å². The first-order valence-electron chi connectivity index (χ1n) is 8.25. The molecule has 1 N–H and O–H groups in total. The van der Waals surface area contributed by atoms with Crippen molar-refractivity contribution in [1.29, 1.82) is 0 Å². The molecule has 1 fully saturated rings. The predicted molar refractivity (Wildman–Crippen MR) is 93.7 cm³/mol. The van der Waals surface area contributed by atoms with Crippen molar-refractivity contribution < 1.29 is 18.3 Å². The van der Waals surface area contributed by atoms with E-state index in [0.29, 0.717) is 5.69 Å². The summed E-state index contributed by atoms with van der Waals surface area (Å²) in [6.45, 7) is 1.03. The van der Waals surface area contributed by atoms with Crippen LogP contribution in [0.5, 0.6) is 5.75 Å². The van der Waals surface area contributed by atoms with E-state index in [9.17, 15) is 13.6 Å². The molecule has 132 valence electrons. The SMILES string of the molecule is Cc1cc(N2CCCC2)ccc1NC(=O)c1ccccc1OC(F)F. The number of ether oxygens (including phenoxy) is 1. The second kappa shape index (κ2) is 7.51. The van der Waals surface area contributed by atoms with Crippen molar-refractivity contribution in [2.45, 2.75) is 26.4 Å². The number of anilines is 2. The molecule has 4 nitrogen and oxygen atoms in total. The maximum absolute atomic E-state index is 12.5. The van der Waals surface area contributed by atoms with Gasteiger partial charge in [-0.25, -0.2) is 0 Å². The molecule has 25 heavy (non-hydrogen) atoms. The van der Waals surface area contributed by atoms with Crippen LogP contribution in [0.2, 0.25) is 0 Å². The van der Waals surface area contributed by atoms with Gasteiger partial charge in [0.1, 0.15) is 5.75 Å². The average Bonchev–Trinajstić information content (AvgIpc) is 3.11. The van der Waals surface area contributed by atoms with Gasteiger partial charge in [0.05, 0.1) is 5.56 Å². The van der Waals surface area contributed by atoms with Crippen LogP contribution in [0, 0.1) is 6.92 Å².